The van der Waals surface area contributed by atoms with Crippen LogP contribution in [0.15, 0.2) is 54.2 Å². The Labute approximate surface area is 391 Å². The molecular weight excluding hydrogens is 895 g/mol. The zero-order valence-electron chi connectivity index (χ0n) is 37.2. The van der Waals surface area contributed by atoms with E-state index in [9.17, 15) is 24.3 Å². The number of nitrogens with zero attached hydrogens (tertiary/aromatic N) is 6. The van der Waals surface area contributed by atoms with Crippen LogP contribution in [-0.4, -0.2) is 146 Å². The summed E-state index contributed by atoms with van der Waals surface area (Å²) in [6.07, 6.45) is 1.51. The number of piperazine rings is 1. The Morgan fingerprint density at radius 2 is 1.83 bits per heavy atom. The number of aliphatic hydroxyl groups excluding tert-OH is 1. The molecule has 0 spiro atoms. The first-order chi connectivity index (χ1) is 31.1. The molecule has 1 saturated carbocycles. The van der Waals surface area contributed by atoms with E-state index in [1.54, 1.807) is 42.1 Å². The molecule has 4 amide bonds. The van der Waals surface area contributed by atoms with Gasteiger partial charge in [-0.25, -0.2) is 14.4 Å². The molecule has 5 N–H and O–H groups in total. The molecule has 3 fully saturated rings. The first-order valence-corrected chi connectivity index (χ1v) is 23.9. The molecule has 348 valence electrons. The lowest BCUT2D eigenvalue weighted by Gasteiger charge is -2.38. The highest BCUT2D eigenvalue weighted by Crippen LogP contribution is 2.41. The van der Waals surface area contributed by atoms with E-state index in [0.29, 0.717) is 65.7 Å². The maximum Gasteiger partial charge on any atom is 0.258 e. The molecule has 4 aromatic rings. The van der Waals surface area contributed by atoms with Gasteiger partial charge in [-0.2, -0.15) is 16.7 Å². The molecule has 2 aromatic heterocycles. The molecule has 1 aliphatic carbocycles. The first-order valence-electron chi connectivity index (χ1n) is 21.7. The molecule has 2 saturated heterocycles. The number of aryl methyl sites for hydroxylation is 1. The summed E-state index contributed by atoms with van der Waals surface area (Å²) >= 11 is 9.17. The zero-order valence-corrected chi connectivity index (χ0v) is 39.5. The lowest BCUT2D eigenvalue weighted by atomic mass is 10.00. The predicted octanol–water partition coefficient (Wildman–Crippen LogP) is 5.28. The van der Waals surface area contributed by atoms with Crippen LogP contribution in [0.25, 0.3) is 10.4 Å². The number of aliphatic hydroxyl groups is 1. The van der Waals surface area contributed by atoms with Crippen LogP contribution in [0.1, 0.15) is 61.1 Å². The molecule has 7 rings (SSSR count). The number of anilines is 3. The molecule has 2 aromatic carbocycles. The van der Waals surface area contributed by atoms with Crippen LogP contribution in [-0.2, 0) is 20.9 Å². The maximum atomic E-state index is 15.1. The summed E-state index contributed by atoms with van der Waals surface area (Å²) in [5.74, 6) is -0.0364. The number of methoxy groups -OCH3 is 1. The normalized spacial score (nSPS) is 18.8. The third-order valence-electron chi connectivity index (χ3n) is 12.0. The number of β-amino-alcohol motifs (C(OH)–C–C–N with tert-alkyl or cyclic N) is 1. The van der Waals surface area contributed by atoms with Gasteiger partial charge >= 0.3 is 0 Å². The van der Waals surface area contributed by atoms with Crippen molar-refractivity contribution in [2.24, 2.45) is 0 Å². The number of hydrogen-bond acceptors (Lipinski definition) is 14. The third kappa shape index (κ3) is 11.5. The molecule has 16 nitrogen and oxygen atoms in total. The van der Waals surface area contributed by atoms with Crippen molar-refractivity contribution in [3.05, 3.63) is 76.0 Å². The molecule has 0 radical (unpaired) electrons. The molecule has 1 unspecified atom stereocenters. The van der Waals surface area contributed by atoms with Gasteiger partial charge in [0.25, 0.3) is 11.8 Å². The monoisotopic (exact) mass is 950 g/mol. The molecule has 0 bridgehead atoms. The molecule has 65 heavy (non-hydrogen) atoms. The lowest BCUT2D eigenvalue weighted by molar-refractivity contribution is -0.143. The summed E-state index contributed by atoms with van der Waals surface area (Å²) in [5.41, 5.74) is 3.70. The van der Waals surface area contributed by atoms with Crippen LogP contribution < -0.4 is 26.0 Å². The average molecular weight is 952 g/mol. The number of halogens is 2. The Bertz CT molecular complexity index is 2360. The van der Waals surface area contributed by atoms with E-state index in [-0.39, 0.29) is 38.3 Å². The van der Waals surface area contributed by atoms with E-state index in [0.717, 1.165) is 34.7 Å². The highest BCUT2D eigenvalue weighted by atomic mass is 35.5. The smallest absolute Gasteiger partial charge is 0.258 e. The van der Waals surface area contributed by atoms with Crippen molar-refractivity contribution in [3.8, 4) is 16.2 Å². The highest BCUT2D eigenvalue weighted by molar-refractivity contribution is 8.00. The number of amides is 4. The number of likely N-dealkylation sites (tertiary alicyclic amines) is 1. The molecule has 20 heteroatoms. The topological polar surface area (TPSA) is 194 Å². The number of thiazole rings is 1. The number of rotatable bonds is 18. The molecular formula is C45H56ClFN10O6S2. The van der Waals surface area contributed by atoms with Gasteiger partial charge in [-0.15, -0.1) is 11.3 Å². The highest BCUT2D eigenvalue weighted by Gasteiger charge is 2.54. The van der Waals surface area contributed by atoms with Crippen molar-refractivity contribution in [2.45, 2.75) is 81.6 Å². The zero-order chi connectivity index (χ0) is 46.5. The van der Waals surface area contributed by atoms with Crippen molar-refractivity contribution in [2.75, 3.05) is 69.8 Å². The number of benzene rings is 2. The van der Waals surface area contributed by atoms with Gasteiger partial charge in [0.2, 0.25) is 17.8 Å². The van der Waals surface area contributed by atoms with Crippen molar-refractivity contribution in [1.82, 2.24) is 40.3 Å². The average Bonchev–Trinajstić information content (AvgIpc) is 3.71. The Kier molecular flexibility index (Phi) is 15.2. The SMILES string of the molecule is CNc1nc(Nc2ccc(C(=O)N3CCN(CCCSC(C)(C)C(NC(=O)C4(F)CC4)C(=O)N4C[C@H](O)C[C@H]4C(=O)NCc4ccc(-c5scnc5C)cc4)CC3)cc2OC)ncc1Cl. The van der Waals surface area contributed by atoms with Crippen LogP contribution in [0.3, 0.4) is 0 Å². The predicted molar refractivity (Wildman–Crippen MR) is 252 cm³/mol. The van der Waals surface area contributed by atoms with Gasteiger partial charge < -0.3 is 40.9 Å². The standard InChI is InChI=1S/C45H56ClFN10O6S2/c1-27-36(64-26-51-27)29-9-7-28(8-10-29)23-49-39(59)34-22-31(58)25-57(34)41(61)37(53-42(62)45(47)13-14-45)44(2,3)65-20-6-15-55-16-18-56(19-17-55)40(60)30-11-12-33(35(21-30)63-5)52-43-50-24-32(46)38(48-4)54-43/h7-12,21,24,26,31,34,37,58H,6,13-20,22-23,25H2,1-5H3,(H,49,59)(H,53,62)(H2,48,50,52,54)/t31-,34+,37?/m1/s1. The van der Waals surface area contributed by atoms with Gasteiger partial charge in [-0.3, -0.25) is 24.1 Å². The molecule has 4 heterocycles. The lowest BCUT2D eigenvalue weighted by Crippen LogP contribution is -2.61. The van der Waals surface area contributed by atoms with Crippen molar-refractivity contribution < 1.29 is 33.4 Å². The second-order valence-corrected chi connectivity index (χ2v) is 20.1. The minimum absolute atomic E-state index is 0.0400. The molecule has 3 atom stereocenters. The number of carbonyl (C=O) groups excluding carboxylic acids is 4. The van der Waals surface area contributed by atoms with E-state index in [1.807, 2.05) is 49.9 Å². The summed E-state index contributed by atoms with van der Waals surface area (Å²) in [5, 5.41) is 22.8. The second kappa shape index (κ2) is 20.6. The summed E-state index contributed by atoms with van der Waals surface area (Å²) < 4.78 is 19.8. The van der Waals surface area contributed by atoms with Crippen LogP contribution in [0, 0.1) is 6.92 Å². The number of thioether (sulfide) groups is 1. The summed E-state index contributed by atoms with van der Waals surface area (Å²) in [6, 6.07) is 10.9. The van der Waals surface area contributed by atoms with Crippen molar-refractivity contribution in [1.29, 1.82) is 0 Å². The summed E-state index contributed by atoms with van der Waals surface area (Å²) in [4.78, 5) is 74.2. The van der Waals surface area contributed by atoms with Gasteiger partial charge in [-0.1, -0.05) is 35.9 Å². The van der Waals surface area contributed by atoms with E-state index < -0.39 is 46.3 Å². The number of nitrogens with one attached hydrogen (secondary N) is 4. The Morgan fingerprint density at radius 1 is 1.09 bits per heavy atom. The van der Waals surface area contributed by atoms with Gasteiger partial charge in [-0.05, 0) is 81.7 Å². The minimum atomic E-state index is -2.02. The van der Waals surface area contributed by atoms with Crippen molar-refractivity contribution >= 4 is 75.8 Å². The Hall–Kier alpha value is -5.08. The number of aromatic nitrogens is 3. The van der Waals surface area contributed by atoms with Gasteiger partial charge in [0.05, 0.1) is 41.2 Å². The minimum Gasteiger partial charge on any atom is -0.495 e. The van der Waals surface area contributed by atoms with Gasteiger partial charge in [0.1, 0.15) is 28.7 Å². The number of hydrogen-bond donors (Lipinski definition) is 5. The largest absolute Gasteiger partial charge is 0.495 e. The van der Waals surface area contributed by atoms with E-state index in [1.165, 1.54) is 30.0 Å². The van der Waals surface area contributed by atoms with Crippen LogP contribution >= 0.6 is 34.7 Å². The fraction of sp³-hybridized carbons (Fsp3) is 0.489. The molecule has 2 aliphatic heterocycles. The Balaban J connectivity index is 0.910. The third-order valence-corrected chi connectivity index (χ3v) is 14.8. The van der Waals surface area contributed by atoms with Crippen molar-refractivity contribution in [3.63, 3.8) is 0 Å². The number of carbonyl (C=O) groups is 4. The molecule has 3 aliphatic rings. The van der Waals surface area contributed by atoms with Crippen LogP contribution in [0.4, 0.5) is 21.8 Å². The number of ether oxygens (including phenoxy) is 1. The second-order valence-electron chi connectivity index (χ2n) is 17.1. The van der Waals surface area contributed by atoms with Gasteiger partial charge in [0, 0.05) is 63.0 Å². The van der Waals surface area contributed by atoms with E-state index in [4.69, 9.17) is 16.3 Å². The van der Waals surface area contributed by atoms with E-state index >= 15 is 4.39 Å². The summed E-state index contributed by atoms with van der Waals surface area (Å²) in [6.45, 7) is 8.93. The fourth-order valence-corrected chi connectivity index (χ4v) is 10.1. The number of alkyl halides is 1. The summed E-state index contributed by atoms with van der Waals surface area (Å²) in [7, 11) is 3.24. The fourth-order valence-electron chi connectivity index (χ4n) is 7.98. The Morgan fingerprint density at radius 3 is 2.49 bits per heavy atom. The van der Waals surface area contributed by atoms with Gasteiger partial charge in [0.15, 0.2) is 5.67 Å². The van der Waals surface area contributed by atoms with Crippen LogP contribution in [0.5, 0.6) is 5.75 Å². The maximum absolute atomic E-state index is 15.1. The quantitative estimate of drug-likeness (QED) is 0.0810. The van der Waals surface area contributed by atoms with Crippen LogP contribution in [0.2, 0.25) is 5.02 Å². The first kappa shape index (κ1) is 47.9. The van der Waals surface area contributed by atoms with E-state index in [2.05, 4.69) is 41.1 Å².